The van der Waals surface area contributed by atoms with Crippen molar-refractivity contribution in [1.82, 2.24) is 8.87 Å². The number of halogens is 2. The fourth-order valence-electron chi connectivity index (χ4n) is 1.78. The van der Waals surface area contributed by atoms with Gasteiger partial charge in [0.25, 0.3) is 5.56 Å². The van der Waals surface area contributed by atoms with Gasteiger partial charge in [0.05, 0.1) is 17.1 Å². The maximum atomic E-state index is 14.0. The first-order valence-electron chi connectivity index (χ1n) is 6.73. The minimum Gasteiger partial charge on any atom is -0.351 e. The summed E-state index contributed by atoms with van der Waals surface area (Å²) in [5.74, 6) is -0.550. The number of rotatable bonds is 5. The summed E-state index contributed by atoms with van der Waals surface area (Å²) in [6.07, 6.45) is 1.32. The van der Waals surface area contributed by atoms with Crippen LogP contribution in [0.25, 0.3) is 0 Å². The molecule has 0 aliphatic heterocycles. The van der Waals surface area contributed by atoms with Crippen molar-refractivity contribution in [2.24, 2.45) is 7.05 Å². The van der Waals surface area contributed by atoms with Gasteiger partial charge in [0.15, 0.2) is 0 Å². The van der Waals surface area contributed by atoms with Crippen LogP contribution in [0.5, 0.6) is 0 Å². The zero-order chi connectivity index (χ0) is 18.1. The van der Waals surface area contributed by atoms with Gasteiger partial charge in [0.2, 0.25) is 0 Å². The van der Waals surface area contributed by atoms with Crippen LogP contribution in [0.4, 0.5) is 21.5 Å². The minimum absolute atomic E-state index is 0.108. The number of pyridine rings is 1. The Balaban J connectivity index is 2.49. The molecule has 1 heterocycles. The highest BCUT2D eigenvalue weighted by Gasteiger charge is 2.17. The predicted molar refractivity (Wildman–Crippen MR) is 95.3 cm³/mol. The Morgan fingerprint density at radius 1 is 1.17 bits per heavy atom. The molecule has 24 heavy (non-hydrogen) atoms. The molecule has 0 aliphatic carbocycles. The molecule has 0 unspecified atom stereocenters. The first kappa shape index (κ1) is 18.4. The summed E-state index contributed by atoms with van der Waals surface area (Å²) >= 11 is 3.15. The zero-order valence-corrected chi connectivity index (χ0v) is 15.6. The number of aromatic nitrogens is 1. The highest BCUT2D eigenvalue weighted by atomic mass is 79.9. The fraction of sp³-hybridized carbons (Fsp3) is 0.214. The van der Waals surface area contributed by atoms with Crippen LogP contribution in [0, 0.1) is 5.82 Å². The number of aryl methyl sites for hydroxylation is 1. The van der Waals surface area contributed by atoms with Crippen molar-refractivity contribution in [3.8, 4) is 0 Å². The van der Waals surface area contributed by atoms with Crippen molar-refractivity contribution in [2.45, 2.75) is 0 Å². The van der Waals surface area contributed by atoms with Crippen LogP contribution >= 0.6 is 15.9 Å². The van der Waals surface area contributed by atoms with E-state index >= 15 is 0 Å². The molecule has 0 spiro atoms. The Kier molecular flexibility index (Phi) is 5.31. The number of hydrogen-bond donors (Lipinski definition) is 2. The summed E-state index contributed by atoms with van der Waals surface area (Å²) in [4.78, 5) is 11.9. The van der Waals surface area contributed by atoms with Crippen molar-refractivity contribution in [3.05, 3.63) is 51.1 Å². The maximum Gasteiger partial charge on any atom is 0.301 e. The molecule has 1 aromatic heterocycles. The van der Waals surface area contributed by atoms with Gasteiger partial charge < -0.3 is 9.88 Å². The molecular weight excluding hydrogens is 403 g/mol. The average molecular weight is 419 g/mol. The van der Waals surface area contributed by atoms with E-state index in [-0.39, 0.29) is 22.6 Å². The number of anilines is 3. The number of nitrogens with zero attached hydrogens (tertiary/aromatic N) is 2. The monoisotopic (exact) mass is 418 g/mol. The van der Waals surface area contributed by atoms with E-state index < -0.39 is 16.0 Å². The Bertz CT molecular complexity index is 928. The average Bonchev–Trinajstić information content (AvgIpc) is 2.46. The molecule has 130 valence electrons. The second kappa shape index (κ2) is 6.91. The Morgan fingerprint density at radius 3 is 2.42 bits per heavy atom. The van der Waals surface area contributed by atoms with Crippen molar-refractivity contribution in [1.29, 1.82) is 0 Å². The quantitative estimate of drug-likeness (QED) is 0.779. The highest BCUT2D eigenvalue weighted by molar-refractivity contribution is 9.10. The van der Waals surface area contributed by atoms with Gasteiger partial charge in [-0.25, -0.2) is 4.39 Å². The maximum absolute atomic E-state index is 14.0. The Morgan fingerprint density at radius 2 is 1.83 bits per heavy atom. The Hall–Kier alpha value is -1.91. The van der Waals surface area contributed by atoms with Gasteiger partial charge in [0.1, 0.15) is 5.82 Å². The molecular formula is C14H16BrFN4O3S. The lowest BCUT2D eigenvalue weighted by atomic mass is 10.2. The number of benzene rings is 1. The van der Waals surface area contributed by atoms with E-state index in [2.05, 4.69) is 26.0 Å². The first-order valence-corrected chi connectivity index (χ1v) is 8.96. The fourth-order valence-corrected chi connectivity index (χ4v) is 2.74. The van der Waals surface area contributed by atoms with Gasteiger partial charge in [-0.2, -0.15) is 12.7 Å². The van der Waals surface area contributed by atoms with Crippen LogP contribution in [-0.2, 0) is 17.3 Å². The molecule has 0 amide bonds. The van der Waals surface area contributed by atoms with E-state index in [9.17, 15) is 17.6 Å². The van der Waals surface area contributed by atoms with Crippen molar-refractivity contribution in [2.75, 3.05) is 24.1 Å². The van der Waals surface area contributed by atoms with Gasteiger partial charge in [-0.3, -0.25) is 9.52 Å². The molecule has 0 aliphatic rings. The van der Waals surface area contributed by atoms with Crippen LogP contribution in [0.1, 0.15) is 0 Å². The second-order valence-corrected chi connectivity index (χ2v) is 7.99. The van der Waals surface area contributed by atoms with Crippen LogP contribution in [0.15, 0.2) is 39.7 Å². The molecule has 0 saturated carbocycles. The molecule has 2 N–H and O–H groups in total. The molecule has 2 rings (SSSR count). The van der Waals surface area contributed by atoms with Gasteiger partial charge >= 0.3 is 10.2 Å². The lowest BCUT2D eigenvalue weighted by Gasteiger charge is -2.18. The molecule has 0 atom stereocenters. The Labute approximate surface area is 147 Å². The third kappa shape index (κ3) is 4.13. The summed E-state index contributed by atoms with van der Waals surface area (Å²) in [5, 5.41) is 2.74. The van der Waals surface area contributed by atoms with Crippen LogP contribution in [0.2, 0.25) is 0 Å². The summed E-state index contributed by atoms with van der Waals surface area (Å²) in [5.41, 5.74) is -0.00237. The molecule has 1 aromatic carbocycles. The van der Waals surface area contributed by atoms with Crippen molar-refractivity contribution < 1.29 is 12.8 Å². The van der Waals surface area contributed by atoms with E-state index in [4.69, 9.17) is 0 Å². The van der Waals surface area contributed by atoms with Gasteiger partial charge in [-0.1, -0.05) is 15.9 Å². The number of hydrogen-bond acceptors (Lipinski definition) is 4. The minimum atomic E-state index is -3.79. The third-order valence-corrected chi connectivity index (χ3v) is 5.08. The molecule has 0 bridgehead atoms. The molecule has 0 fully saturated rings. The van der Waals surface area contributed by atoms with Gasteiger partial charge in [-0.05, 0) is 18.2 Å². The largest absolute Gasteiger partial charge is 0.351 e. The zero-order valence-electron chi connectivity index (χ0n) is 13.2. The predicted octanol–water partition coefficient (Wildman–Crippen LogP) is 2.25. The molecule has 0 saturated heterocycles. The molecule has 0 radical (unpaired) electrons. The standard InChI is InChI=1S/C14H16BrFN4O3S/c1-19(2)24(22,23)18-13-8-20(3)14(21)7-12(13)17-11-5-4-9(15)6-10(11)16/h4-8,17-18H,1-3H3. The van der Waals surface area contributed by atoms with Gasteiger partial charge in [0, 0.05) is 37.9 Å². The molecule has 10 heteroatoms. The van der Waals surface area contributed by atoms with Crippen molar-refractivity contribution in [3.63, 3.8) is 0 Å². The van der Waals surface area contributed by atoms with Crippen molar-refractivity contribution >= 4 is 43.2 Å². The normalized spacial score (nSPS) is 11.6. The lowest BCUT2D eigenvalue weighted by Crippen LogP contribution is -2.30. The van der Waals surface area contributed by atoms with E-state index in [1.54, 1.807) is 6.07 Å². The van der Waals surface area contributed by atoms with E-state index in [0.29, 0.717) is 4.47 Å². The van der Waals surface area contributed by atoms with E-state index in [1.807, 2.05) is 0 Å². The SMILES string of the molecule is CN(C)S(=O)(=O)Nc1cn(C)c(=O)cc1Nc1ccc(Br)cc1F. The molecule has 2 aromatic rings. The number of nitrogens with one attached hydrogen (secondary N) is 2. The highest BCUT2D eigenvalue weighted by Crippen LogP contribution is 2.27. The van der Waals surface area contributed by atoms with E-state index in [0.717, 1.165) is 4.31 Å². The second-order valence-electron chi connectivity index (χ2n) is 5.19. The first-order chi connectivity index (χ1) is 11.1. The van der Waals surface area contributed by atoms with Crippen LogP contribution in [-0.4, -0.2) is 31.4 Å². The topological polar surface area (TPSA) is 83.4 Å². The van der Waals surface area contributed by atoms with Crippen LogP contribution in [0.3, 0.4) is 0 Å². The summed E-state index contributed by atoms with van der Waals surface area (Å²) in [7, 11) is 0.434. The lowest BCUT2D eigenvalue weighted by molar-refractivity contribution is 0.527. The summed E-state index contributed by atoms with van der Waals surface area (Å²) in [6, 6.07) is 5.54. The van der Waals surface area contributed by atoms with E-state index in [1.165, 1.54) is 50.1 Å². The van der Waals surface area contributed by atoms with Gasteiger partial charge in [-0.15, -0.1) is 0 Å². The summed E-state index contributed by atoms with van der Waals surface area (Å²) in [6.45, 7) is 0. The third-order valence-electron chi connectivity index (χ3n) is 3.15. The smallest absolute Gasteiger partial charge is 0.301 e. The van der Waals surface area contributed by atoms with Crippen LogP contribution < -0.4 is 15.6 Å². The summed E-state index contributed by atoms with van der Waals surface area (Å²) < 4.78 is 43.2. The molecule has 7 nitrogen and oxygen atoms in total.